The molecule has 0 bridgehead atoms. The van der Waals surface area contributed by atoms with Crippen molar-refractivity contribution in [2.24, 2.45) is 5.92 Å². The van der Waals surface area contributed by atoms with Crippen molar-refractivity contribution in [3.8, 4) is 0 Å². The number of carbonyl (C=O) groups excluding carboxylic acids is 1. The standard InChI is InChI=1S/C26H28FN3O2S.C4H4O4/c1-16(13-22-26-18(5-9-28-22)8-12-33-26)6-10-30-11-7-19(14-23(30)17(2)31)25-21-4-3-20(27)15-24(21)32-29-25;5-3(6)1-2-4(7)8/h3-5,8-9,12,15-16,19,23H,6-7,10-11,13-14H2,1-2H3;1-2H,(H,5,6)(H,7,8)/b;2-1+. The number of likely N-dealkylation sites (tertiary alicyclic amines) is 1. The van der Waals surface area contributed by atoms with E-state index in [9.17, 15) is 18.8 Å². The summed E-state index contributed by atoms with van der Waals surface area (Å²) in [6.45, 7) is 5.69. The lowest BCUT2D eigenvalue weighted by Crippen LogP contribution is -2.46. The summed E-state index contributed by atoms with van der Waals surface area (Å²) in [7, 11) is 0. The van der Waals surface area contributed by atoms with Gasteiger partial charge in [0.15, 0.2) is 5.58 Å². The number of carbonyl (C=O) groups is 3. The fourth-order valence-corrected chi connectivity index (χ4v) is 6.13. The Morgan fingerprint density at radius 2 is 1.95 bits per heavy atom. The summed E-state index contributed by atoms with van der Waals surface area (Å²) in [5.74, 6) is -2.04. The minimum absolute atomic E-state index is 0.123. The first-order valence-electron chi connectivity index (χ1n) is 13.4. The monoisotopic (exact) mass is 581 g/mol. The number of thiophene rings is 1. The molecule has 1 fully saturated rings. The van der Waals surface area contributed by atoms with Crippen molar-refractivity contribution in [1.29, 1.82) is 0 Å². The van der Waals surface area contributed by atoms with Gasteiger partial charge in [0.1, 0.15) is 11.6 Å². The molecule has 2 N–H and O–H groups in total. The Balaban J connectivity index is 0.000000426. The van der Waals surface area contributed by atoms with E-state index in [0.29, 0.717) is 23.7 Å². The lowest BCUT2D eigenvalue weighted by molar-refractivity contribution is -0.134. The van der Waals surface area contributed by atoms with Crippen molar-refractivity contribution in [2.75, 3.05) is 13.1 Å². The third-order valence-electron chi connectivity index (χ3n) is 7.29. The van der Waals surface area contributed by atoms with Crippen LogP contribution in [0.15, 0.2) is 58.6 Å². The maximum atomic E-state index is 13.5. The zero-order chi connectivity index (χ0) is 29.5. The van der Waals surface area contributed by atoms with Crippen molar-refractivity contribution < 1.29 is 33.5 Å². The second-order valence-electron chi connectivity index (χ2n) is 10.3. The first kappa shape index (κ1) is 30.0. The number of ketones is 1. The summed E-state index contributed by atoms with van der Waals surface area (Å²) in [5, 5.41) is 24.1. The molecule has 1 aliphatic heterocycles. The van der Waals surface area contributed by atoms with E-state index in [1.165, 1.54) is 27.9 Å². The van der Waals surface area contributed by atoms with Gasteiger partial charge in [-0.05, 0) is 86.6 Å². The van der Waals surface area contributed by atoms with Crippen LogP contribution >= 0.6 is 11.3 Å². The van der Waals surface area contributed by atoms with E-state index in [-0.39, 0.29) is 23.6 Å². The molecular formula is C30H32FN3O6S. The van der Waals surface area contributed by atoms with Crippen LogP contribution in [-0.2, 0) is 20.8 Å². The quantitative estimate of drug-likeness (QED) is 0.239. The molecule has 5 rings (SSSR count). The number of rotatable bonds is 9. The number of nitrogens with zero attached hydrogens (tertiary/aromatic N) is 3. The molecule has 1 aliphatic rings. The zero-order valence-electron chi connectivity index (χ0n) is 22.8. The van der Waals surface area contributed by atoms with Crippen LogP contribution in [0, 0.1) is 11.7 Å². The van der Waals surface area contributed by atoms with Crippen LogP contribution in [0.25, 0.3) is 21.1 Å². The van der Waals surface area contributed by atoms with E-state index in [1.54, 1.807) is 24.3 Å². The fraction of sp³-hybridized carbons (Fsp3) is 0.367. The van der Waals surface area contributed by atoms with Gasteiger partial charge in [-0.25, -0.2) is 14.0 Å². The Morgan fingerprint density at radius 3 is 2.66 bits per heavy atom. The number of pyridine rings is 1. The molecule has 11 heteroatoms. The third-order valence-corrected chi connectivity index (χ3v) is 8.27. The Hall–Kier alpha value is -3.96. The molecule has 0 saturated carbocycles. The molecule has 0 aliphatic carbocycles. The topological polar surface area (TPSA) is 134 Å². The molecule has 3 aromatic heterocycles. The molecule has 3 atom stereocenters. The van der Waals surface area contributed by atoms with E-state index in [1.807, 2.05) is 6.20 Å². The number of aliphatic carboxylic acids is 2. The van der Waals surface area contributed by atoms with Gasteiger partial charge in [-0.1, -0.05) is 12.1 Å². The van der Waals surface area contributed by atoms with E-state index >= 15 is 0 Å². The van der Waals surface area contributed by atoms with Gasteiger partial charge in [0.05, 0.1) is 22.1 Å². The number of carboxylic acids is 2. The van der Waals surface area contributed by atoms with Crippen LogP contribution in [0.1, 0.15) is 50.4 Å². The average Bonchev–Trinajstić information content (AvgIpc) is 3.58. The Morgan fingerprint density at radius 1 is 1.20 bits per heavy atom. The Labute approximate surface area is 240 Å². The van der Waals surface area contributed by atoms with E-state index in [4.69, 9.17) is 14.7 Å². The number of hydrogen-bond donors (Lipinski definition) is 2. The van der Waals surface area contributed by atoms with Crippen molar-refractivity contribution in [3.63, 3.8) is 0 Å². The molecule has 216 valence electrons. The molecular weight excluding hydrogens is 549 g/mol. The summed E-state index contributed by atoms with van der Waals surface area (Å²) < 4.78 is 20.2. The van der Waals surface area contributed by atoms with Crippen LogP contribution in [-0.4, -0.2) is 62.1 Å². The molecule has 4 heterocycles. The smallest absolute Gasteiger partial charge is 0.328 e. The first-order chi connectivity index (χ1) is 19.6. The van der Waals surface area contributed by atoms with E-state index in [2.05, 4.69) is 39.5 Å². The summed E-state index contributed by atoms with van der Waals surface area (Å²) in [6.07, 6.45) is 6.61. The molecule has 4 aromatic rings. The number of carboxylic acid groups (broad SMARTS) is 2. The van der Waals surface area contributed by atoms with Crippen LogP contribution in [0.3, 0.4) is 0 Å². The molecule has 1 saturated heterocycles. The molecule has 3 unspecified atom stereocenters. The van der Waals surface area contributed by atoms with Crippen LogP contribution < -0.4 is 0 Å². The average molecular weight is 582 g/mol. The minimum Gasteiger partial charge on any atom is -0.478 e. The molecule has 0 amide bonds. The highest BCUT2D eigenvalue weighted by Crippen LogP contribution is 2.36. The van der Waals surface area contributed by atoms with Crippen molar-refractivity contribution in [2.45, 2.75) is 51.5 Å². The lowest BCUT2D eigenvalue weighted by atomic mass is 9.85. The summed E-state index contributed by atoms with van der Waals surface area (Å²) >= 11 is 1.75. The first-order valence-corrected chi connectivity index (χ1v) is 14.2. The van der Waals surface area contributed by atoms with Crippen LogP contribution in [0.4, 0.5) is 4.39 Å². The predicted molar refractivity (Wildman–Crippen MR) is 154 cm³/mol. The molecule has 0 spiro atoms. The summed E-state index contributed by atoms with van der Waals surface area (Å²) in [4.78, 5) is 38.6. The number of Topliss-reactive ketones (excluding diaryl/α,β-unsaturated/α-hetero) is 1. The van der Waals surface area contributed by atoms with Gasteiger partial charge in [-0.2, -0.15) is 0 Å². The summed E-state index contributed by atoms with van der Waals surface area (Å²) in [5.41, 5.74) is 2.49. The number of piperidine rings is 1. The maximum absolute atomic E-state index is 13.5. The SMILES string of the molecule is CC(=O)C1CC(c2noc3cc(F)ccc23)CCN1CCC(C)Cc1nccc2ccsc12.O=C(O)/C=C/C(=O)O. The molecule has 0 radical (unpaired) electrons. The second kappa shape index (κ2) is 13.6. The number of aromatic nitrogens is 2. The van der Waals surface area contributed by atoms with Crippen LogP contribution in [0.5, 0.6) is 0 Å². The number of fused-ring (bicyclic) bond motifs is 2. The number of halogens is 1. The lowest BCUT2D eigenvalue weighted by Gasteiger charge is -2.38. The number of hydrogen-bond acceptors (Lipinski definition) is 8. The molecule has 1 aromatic carbocycles. The van der Waals surface area contributed by atoms with Gasteiger partial charge >= 0.3 is 11.9 Å². The highest BCUT2D eigenvalue weighted by Gasteiger charge is 2.34. The van der Waals surface area contributed by atoms with Gasteiger partial charge < -0.3 is 14.7 Å². The van der Waals surface area contributed by atoms with Gasteiger partial charge in [-0.15, -0.1) is 11.3 Å². The van der Waals surface area contributed by atoms with E-state index in [0.717, 1.165) is 49.9 Å². The zero-order valence-corrected chi connectivity index (χ0v) is 23.6. The van der Waals surface area contributed by atoms with Gasteiger partial charge in [-0.3, -0.25) is 14.7 Å². The van der Waals surface area contributed by atoms with Gasteiger partial charge in [0, 0.05) is 35.7 Å². The Bertz CT molecular complexity index is 1550. The maximum Gasteiger partial charge on any atom is 0.328 e. The molecule has 9 nitrogen and oxygen atoms in total. The predicted octanol–water partition coefficient (Wildman–Crippen LogP) is 5.69. The van der Waals surface area contributed by atoms with Gasteiger partial charge in [0.25, 0.3) is 0 Å². The number of benzene rings is 1. The molecule has 41 heavy (non-hydrogen) atoms. The summed E-state index contributed by atoms with van der Waals surface area (Å²) in [6, 6.07) is 8.63. The van der Waals surface area contributed by atoms with Crippen LogP contribution in [0.2, 0.25) is 0 Å². The van der Waals surface area contributed by atoms with E-state index < -0.39 is 11.9 Å². The van der Waals surface area contributed by atoms with Crippen molar-refractivity contribution >= 4 is 50.1 Å². The minimum atomic E-state index is -1.26. The highest BCUT2D eigenvalue weighted by molar-refractivity contribution is 7.17. The second-order valence-corrected chi connectivity index (χ2v) is 11.2. The van der Waals surface area contributed by atoms with Crippen molar-refractivity contribution in [3.05, 3.63) is 71.3 Å². The van der Waals surface area contributed by atoms with Gasteiger partial charge in [0.2, 0.25) is 0 Å². The Kier molecular flexibility index (Phi) is 9.95. The highest BCUT2D eigenvalue weighted by atomic mass is 32.1. The largest absolute Gasteiger partial charge is 0.478 e. The third kappa shape index (κ3) is 7.83. The normalized spacial score (nSPS) is 18.3. The fourth-order valence-electron chi connectivity index (χ4n) is 5.24. The van der Waals surface area contributed by atoms with Crippen molar-refractivity contribution in [1.82, 2.24) is 15.0 Å².